The van der Waals surface area contributed by atoms with E-state index in [1.807, 2.05) is 30.3 Å². The number of fused-ring (bicyclic) bond motifs is 1. The van der Waals surface area contributed by atoms with Gasteiger partial charge in [0.2, 0.25) is 0 Å². The quantitative estimate of drug-likeness (QED) is 0.820. The number of hydrogen-bond acceptors (Lipinski definition) is 3. The summed E-state index contributed by atoms with van der Waals surface area (Å²) in [7, 11) is 4.11. The molecule has 0 spiro atoms. The zero-order valence-corrected chi connectivity index (χ0v) is 12.1. The van der Waals surface area contributed by atoms with Crippen molar-refractivity contribution in [2.45, 2.75) is 12.8 Å². The Kier molecular flexibility index (Phi) is 5.07. The first kappa shape index (κ1) is 14.5. The van der Waals surface area contributed by atoms with E-state index in [0.717, 1.165) is 30.3 Å². The van der Waals surface area contributed by atoms with Crippen molar-refractivity contribution < 1.29 is 4.79 Å². The van der Waals surface area contributed by atoms with E-state index in [0.29, 0.717) is 12.1 Å². The molecule has 4 heteroatoms. The fraction of sp³-hybridized carbons (Fsp3) is 0.375. The SMILES string of the molecule is CN(C)CCCCNC(=O)c1cnc2ccccc2c1. The van der Waals surface area contributed by atoms with Gasteiger partial charge >= 0.3 is 0 Å². The van der Waals surface area contributed by atoms with Crippen LogP contribution in [-0.4, -0.2) is 43.0 Å². The van der Waals surface area contributed by atoms with Crippen molar-refractivity contribution in [1.82, 2.24) is 15.2 Å². The lowest BCUT2D eigenvalue weighted by atomic mass is 10.1. The van der Waals surface area contributed by atoms with E-state index >= 15 is 0 Å². The maximum absolute atomic E-state index is 12.0. The van der Waals surface area contributed by atoms with Gasteiger partial charge < -0.3 is 10.2 Å². The van der Waals surface area contributed by atoms with Crippen LogP contribution >= 0.6 is 0 Å². The summed E-state index contributed by atoms with van der Waals surface area (Å²) < 4.78 is 0. The molecule has 0 radical (unpaired) electrons. The van der Waals surface area contributed by atoms with E-state index in [1.165, 1.54) is 0 Å². The molecule has 1 heterocycles. The fourth-order valence-electron chi connectivity index (χ4n) is 2.05. The lowest BCUT2D eigenvalue weighted by Gasteiger charge is -2.09. The van der Waals surface area contributed by atoms with Crippen molar-refractivity contribution in [2.24, 2.45) is 0 Å². The molecule has 2 aromatic rings. The van der Waals surface area contributed by atoms with Crippen LogP contribution in [0, 0.1) is 0 Å². The van der Waals surface area contributed by atoms with E-state index in [-0.39, 0.29) is 5.91 Å². The molecule has 1 aromatic heterocycles. The zero-order valence-electron chi connectivity index (χ0n) is 12.1. The van der Waals surface area contributed by atoms with Crippen molar-refractivity contribution in [3.05, 3.63) is 42.1 Å². The predicted octanol–water partition coefficient (Wildman–Crippen LogP) is 2.31. The molecule has 106 valence electrons. The van der Waals surface area contributed by atoms with Crippen LogP contribution in [0.1, 0.15) is 23.2 Å². The van der Waals surface area contributed by atoms with Gasteiger partial charge in [-0.15, -0.1) is 0 Å². The number of carbonyl (C=O) groups is 1. The monoisotopic (exact) mass is 271 g/mol. The van der Waals surface area contributed by atoms with Crippen molar-refractivity contribution in [3.63, 3.8) is 0 Å². The molecule has 1 aromatic carbocycles. The second kappa shape index (κ2) is 7.01. The molecule has 0 saturated heterocycles. The maximum atomic E-state index is 12.0. The second-order valence-electron chi connectivity index (χ2n) is 5.18. The summed E-state index contributed by atoms with van der Waals surface area (Å²) in [5, 5.41) is 3.93. The van der Waals surface area contributed by atoms with Crippen LogP contribution in [0.3, 0.4) is 0 Å². The van der Waals surface area contributed by atoms with Crippen molar-refractivity contribution >= 4 is 16.8 Å². The number of nitrogens with one attached hydrogen (secondary N) is 1. The number of hydrogen-bond donors (Lipinski definition) is 1. The number of pyridine rings is 1. The average Bonchev–Trinajstić information content (AvgIpc) is 2.46. The van der Waals surface area contributed by atoms with Gasteiger partial charge in [0, 0.05) is 18.1 Å². The highest BCUT2D eigenvalue weighted by molar-refractivity contribution is 5.97. The lowest BCUT2D eigenvalue weighted by molar-refractivity contribution is 0.0952. The van der Waals surface area contributed by atoms with Crippen LogP contribution in [-0.2, 0) is 0 Å². The molecule has 0 fully saturated rings. The first-order valence-corrected chi connectivity index (χ1v) is 6.94. The van der Waals surface area contributed by atoms with Crippen LogP contribution in [0.25, 0.3) is 10.9 Å². The molecule has 0 unspecified atom stereocenters. The number of nitrogens with zero attached hydrogens (tertiary/aromatic N) is 2. The molecule has 4 nitrogen and oxygen atoms in total. The van der Waals surface area contributed by atoms with Crippen molar-refractivity contribution in [2.75, 3.05) is 27.2 Å². The molecule has 1 amide bonds. The molecule has 0 aliphatic rings. The Bertz CT molecular complexity index is 581. The minimum absolute atomic E-state index is 0.0480. The number of amides is 1. The van der Waals surface area contributed by atoms with Crippen LogP contribution in [0.2, 0.25) is 0 Å². The molecule has 0 saturated carbocycles. The van der Waals surface area contributed by atoms with E-state index < -0.39 is 0 Å². The summed E-state index contributed by atoms with van der Waals surface area (Å²) in [5.74, 6) is -0.0480. The Morgan fingerprint density at radius 2 is 2.05 bits per heavy atom. The van der Waals surface area contributed by atoms with E-state index in [1.54, 1.807) is 6.20 Å². The summed E-state index contributed by atoms with van der Waals surface area (Å²) in [6.45, 7) is 1.76. The number of benzene rings is 1. The second-order valence-corrected chi connectivity index (χ2v) is 5.18. The molecule has 2 rings (SSSR count). The van der Waals surface area contributed by atoms with Gasteiger partial charge in [-0.05, 0) is 45.6 Å². The molecule has 20 heavy (non-hydrogen) atoms. The maximum Gasteiger partial charge on any atom is 0.252 e. The summed E-state index contributed by atoms with van der Waals surface area (Å²) in [4.78, 5) is 18.5. The highest BCUT2D eigenvalue weighted by atomic mass is 16.1. The minimum atomic E-state index is -0.0480. The van der Waals surface area contributed by atoms with Gasteiger partial charge in [0.1, 0.15) is 0 Å². The van der Waals surface area contributed by atoms with Gasteiger partial charge in [0.25, 0.3) is 5.91 Å². The molecule has 1 N–H and O–H groups in total. The first-order valence-electron chi connectivity index (χ1n) is 6.94. The van der Waals surface area contributed by atoms with Crippen LogP contribution in [0.4, 0.5) is 0 Å². The molecule has 0 atom stereocenters. The highest BCUT2D eigenvalue weighted by Crippen LogP contribution is 2.12. The average molecular weight is 271 g/mol. The van der Waals surface area contributed by atoms with Crippen molar-refractivity contribution in [1.29, 1.82) is 0 Å². The zero-order chi connectivity index (χ0) is 14.4. The molecule has 0 aliphatic heterocycles. The smallest absolute Gasteiger partial charge is 0.252 e. The summed E-state index contributed by atoms with van der Waals surface area (Å²) in [6.07, 6.45) is 3.71. The van der Waals surface area contributed by atoms with E-state index in [9.17, 15) is 4.79 Å². The molecule has 0 aliphatic carbocycles. The lowest BCUT2D eigenvalue weighted by Crippen LogP contribution is -2.25. The van der Waals surface area contributed by atoms with Gasteiger partial charge in [0.15, 0.2) is 0 Å². The van der Waals surface area contributed by atoms with Gasteiger partial charge in [-0.25, -0.2) is 0 Å². The summed E-state index contributed by atoms with van der Waals surface area (Å²) in [6, 6.07) is 9.69. The Hall–Kier alpha value is -1.94. The topological polar surface area (TPSA) is 45.2 Å². The van der Waals surface area contributed by atoms with Gasteiger partial charge in [-0.3, -0.25) is 9.78 Å². The first-order chi connectivity index (χ1) is 9.66. The third-order valence-electron chi connectivity index (χ3n) is 3.17. The number of rotatable bonds is 6. The Labute approximate surface area is 119 Å². The summed E-state index contributed by atoms with van der Waals surface area (Å²) >= 11 is 0. The summed E-state index contributed by atoms with van der Waals surface area (Å²) in [5.41, 5.74) is 1.53. The van der Waals surface area contributed by atoms with Gasteiger partial charge in [-0.2, -0.15) is 0 Å². The normalized spacial score (nSPS) is 10.9. The Balaban J connectivity index is 1.87. The Morgan fingerprint density at radius 3 is 2.85 bits per heavy atom. The number of aromatic nitrogens is 1. The van der Waals surface area contributed by atoms with Crippen LogP contribution < -0.4 is 5.32 Å². The molecular formula is C16H21N3O. The van der Waals surface area contributed by atoms with Gasteiger partial charge in [0.05, 0.1) is 11.1 Å². The highest BCUT2D eigenvalue weighted by Gasteiger charge is 2.06. The standard InChI is InChI=1S/C16H21N3O/c1-19(2)10-6-5-9-17-16(20)14-11-13-7-3-4-8-15(13)18-12-14/h3-4,7-8,11-12H,5-6,9-10H2,1-2H3,(H,17,20). The molecule has 0 bridgehead atoms. The molecular weight excluding hydrogens is 250 g/mol. The fourth-order valence-corrected chi connectivity index (χ4v) is 2.05. The van der Waals surface area contributed by atoms with E-state index in [2.05, 4.69) is 29.3 Å². The predicted molar refractivity (Wildman–Crippen MR) is 81.9 cm³/mol. The third kappa shape index (κ3) is 4.03. The van der Waals surface area contributed by atoms with Gasteiger partial charge in [-0.1, -0.05) is 18.2 Å². The van der Waals surface area contributed by atoms with Crippen LogP contribution in [0.15, 0.2) is 36.5 Å². The minimum Gasteiger partial charge on any atom is -0.352 e. The number of unbranched alkanes of at least 4 members (excludes halogenated alkanes) is 1. The Morgan fingerprint density at radius 1 is 1.25 bits per heavy atom. The number of carbonyl (C=O) groups excluding carboxylic acids is 1. The van der Waals surface area contributed by atoms with E-state index in [4.69, 9.17) is 0 Å². The van der Waals surface area contributed by atoms with Crippen LogP contribution in [0.5, 0.6) is 0 Å². The van der Waals surface area contributed by atoms with Crippen molar-refractivity contribution in [3.8, 4) is 0 Å². The third-order valence-corrected chi connectivity index (χ3v) is 3.17. The largest absolute Gasteiger partial charge is 0.352 e. The number of para-hydroxylation sites is 1.